The second kappa shape index (κ2) is 7.38. The summed E-state index contributed by atoms with van der Waals surface area (Å²) in [6, 6.07) is 1.76. The van der Waals surface area contributed by atoms with Gasteiger partial charge in [0.15, 0.2) is 0 Å². The van der Waals surface area contributed by atoms with Gasteiger partial charge in [-0.1, -0.05) is 6.92 Å². The molecule has 1 aromatic heterocycles. The highest BCUT2D eigenvalue weighted by atomic mass is 35.5. The first-order valence-electron chi connectivity index (χ1n) is 5.78. The molecule has 0 atom stereocenters. The molecule has 0 bridgehead atoms. The molecule has 1 amide bonds. The van der Waals surface area contributed by atoms with E-state index in [4.69, 9.17) is 16.3 Å². The van der Waals surface area contributed by atoms with Crippen LogP contribution in [0.3, 0.4) is 0 Å². The third-order valence-electron chi connectivity index (χ3n) is 2.20. The molecule has 0 aromatic carbocycles. The first-order chi connectivity index (χ1) is 8.62. The van der Waals surface area contributed by atoms with Crippen LogP contribution in [0.2, 0.25) is 0 Å². The van der Waals surface area contributed by atoms with Gasteiger partial charge >= 0.3 is 5.97 Å². The van der Waals surface area contributed by atoms with Crippen LogP contribution in [0.4, 0.5) is 5.00 Å². The van der Waals surface area contributed by atoms with Gasteiger partial charge in [-0.05, 0) is 19.4 Å². The van der Waals surface area contributed by atoms with Crippen LogP contribution >= 0.6 is 22.9 Å². The summed E-state index contributed by atoms with van der Waals surface area (Å²) in [6.45, 7) is 4.05. The third kappa shape index (κ3) is 3.99. The number of hydrogen-bond donors (Lipinski definition) is 1. The lowest BCUT2D eigenvalue weighted by Crippen LogP contribution is -2.14. The summed E-state index contributed by atoms with van der Waals surface area (Å²) in [4.78, 5) is 24.3. The minimum Gasteiger partial charge on any atom is -0.462 e. The Labute approximate surface area is 115 Å². The Morgan fingerprint density at radius 2 is 2.17 bits per heavy atom. The second-order valence-corrected chi connectivity index (χ2v) is 5.03. The topological polar surface area (TPSA) is 55.4 Å². The van der Waals surface area contributed by atoms with Gasteiger partial charge in [-0.25, -0.2) is 4.79 Å². The molecule has 0 spiro atoms. The number of anilines is 1. The summed E-state index contributed by atoms with van der Waals surface area (Å²) in [7, 11) is 0. The van der Waals surface area contributed by atoms with Crippen LogP contribution in [0.5, 0.6) is 0 Å². The predicted molar refractivity (Wildman–Crippen MR) is 73.6 cm³/mol. The predicted octanol–water partition coefficient (Wildman–Crippen LogP) is 3.05. The Hall–Kier alpha value is -1.07. The second-order valence-electron chi connectivity index (χ2n) is 3.52. The lowest BCUT2D eigenvalue weighted by molar-refractivity contribution is -0.115. The van der Waals surface area contributed by atoms with Gasteiger partial charge in [-0.3, -0.25) is 4.79 Å². The SMILES string of the molecule is CCOC(=O)c1cc(CC)sc1NC(=O)CCCl. The van der Waals surface area contributed by atoms with E-state index in [-0.39, 0.29) is 18.2 Å². The highest BCUT2D eigenvalue weighted by Gasteiger charge is 2.18. The van der Waals surface area contributed by atoms with E-state index in [9.17, 15) is 9.59 Å². The van der Waals surface area contributed by atoms with E-state index < -0.39 is 5.97 Å². The van der Waals surface area contributed by atoms with Gasteiger partial charge in [-0.15, -0.1) is 22.9 Å². The summed E-state index contributed by atoms with van der Waals surface area (Å²) >= 11 is 6.89. The van der Waals surface area contributed by atoms with Gasteiger partial charge < -0.3 is 10.1 Å². The lowest BCUT2D eigenvalue weighted by atomic mass is 10.2. The molecule has 0 saturated heterocycles. The zero-order valence-electron chi connectivity index (χ0n) is 10.4. The molecule has 18 heavy (non-hydrogen) atoms. The Balaban J connectivity index is 2.90. The molecule has 0 aliphatic rings. The van der Waals surface area contributed by atoms with Gasteiger partial charge in [0.1, 0.15) is 5.00 Å². The van der Waals surface area contributed by atoms with Crippen molar-refractivity contribution in [1.82, 2.24) is 0 Å². The molecule has 0 aliphatic heterocycles. The van der Waals surface area contributed by atoms with E-state index in [1.807, 2.05) is 6.92 Å². The third-order valence-corrected chi connectivity index (χ3v) is 3.59. The van der Waals surface area contributed by atoms with Crippen molar-refractivity contribution >= 4 is 39.8 Å². The van der Waals surface area contributed by atoms with Crippen LogP contribution in [0.15, 0.2) is 6.07 Å². The number of ether oxygens (including phenoxy) is 1. The number of halogens is 1. The minimum absolute atomic E-state index is 0.194. The zero-order valence-corrected chi connectivity index (χ0v) is 12.0. The average molecular weight is 290 g/mol. The smallest absolute Gasteiger partial charge is 0.341 e. The van der Waals surface area contributed by atoms with Crippen molar-refractivity contribution in [2.24, 2.45) is 0 Å². The number of carbonyl (C=O) groups excluding carboxylic acids is 2. The van der Waals surface area contributed by atoms with E-state index in [1.165, 1.54) is 11.3 Å². The van der Waals surface area contributed by atoms with Crippen LogP contribution in [0.25, 0.3) is 0 Å². The number of esters is 1. The van der Waals surface area contributed by atoms with E-state index >= 15 is 0 Å². The molecule has 100 valence electrons. The molecular weight excluding hydrogens is 274 g/mol. The molecule has 1 N–H and O–H groups in total. The van der Waals surface area contributed by atoms with Crippen molar-refractivity contribution in [3.05, 3.63) is 16.5 Å². The molecule has 0 radical (unpaired) electrons. The summed E-state index contributed by atoms with van der Waals surface area (Å²) in [5, 5.41) is 3.24. The fraction of sp³-hybridized carbons (Fsp3) is 0.500. The molecule has 0 saturated carbocycles. The molecule has 0 aliphatic carbocycles. The number of thiophene rings is 1. The standard InChI is InChI=1S/C12H16ClNO3S/c1-3-8-7-9(12(16)17-4-2)11(18-8)14-10(15)5-6-13/h7H,3-6H2,1-2H3,(H,14,15). The maximum absolute atomic E-state index is 11.7. The first-order valence-corrected chi connectivity index (χ1v) is 7.13. The average Bonchev–Trinajstić information content (AvgIpc) is 2.73. The highest BCUT2D eigenvalue weighted by Crippen LogP contribution is 2.29. The maximum atomic E-state index is 11.7. The number of nitrogens with one attached hydrogen (secondary N) is 1. The van der Waals surface area contributed by atoms with Gasteiger partial charge in [0.25, 0.3) is 0 Å². The maximum Gasteiger partial charge on any atom is 0.341 e. The fourth-order valence-corrected chi connectivity index (χ4v) is 2.52. The summed E-state index contributed by atoms with van der Waals surface area (Å²) in [5.41, 5.74) is 0.418. The van der Waals surface area contributed by atoms with Gasteiger partial charge in [-0.2, -0.15) is 0 Å². The van der Waals surface area contributed by atoms with Crippen LogP contribution in [0, 0.1) is 0 Å². The number of hydrogen-bond acceptors (Lipinski definition) is 4. The molecule has 0 fully saturated rings. The van der Waals surface area contributed by atoms with Crippen LogP contribution in [-0.4, -0.2) is 24.4 Å². The number of carbonyl (C=O) groups is 2. The monoisotopic (exact) mass is 289 g/mol. The number of amides is 1. The van der Waals surface area contributed by atoms with Gasteiger partial charge in [0.2, 0.25) is 5.91 Å². The summed E-state index contributed by atoms with van der Waals surface area (Å²) in [5.74, 6) is -0.346. The van der Waals surface area contributed by atoms with Crippen LogP contribution in [0.1, 0.15) is 35.5 Å². The Kier molecular flexibility index (Phi) is 6.15. The van der Waals surface area contributed by atoms with Crippen molar-refractivity contribution < 1.29 is 14.3 Å². The van der Waals surface area contributed by atoms with E-state index in [2.05, 4.69) is 5.32 Å². The van der Waals surface area contributed by atoms with E-state index in [0.29, 0.717) is 17.2 Å². The Bertz CT molecular complexity index is 431. The number of aryl methyl sites for hydroxylation is 1. The van der Waals surface area contributed by atoms with Crippen molar-refractivity contribution in [3.63, 3.8) is 0 Å². The summed E-state index contributed by atoms with van der Waals surface area (Å²) in [6.07, 6.45) is 1.03. The molecule has 1 heterocycles. The van der Waals surface area contributed by atoms with E-state index in [1.54, 1.807) is 13.0 Å². The fourth-order valence-electron chi connectivity index (χ4n) is 1.34. The highest BCUT2D eigenvalue weighted by molar-refractivity contribution is 7.16. The molecule has 0 unspecified atom stereocenters. The molecule has 1 aromatic rings. The van der Waals surface area contributed by atoms with Gasteiger partial charge in [0.05, 0.1) is 12.2 Å². The van der Waals surface area contributed by atoms with Gasteiger partial charge in [0, 0.05) is 17.2 Å². The molecular formula is C12H16ClNO3S. The number of alkyl halides is 1. The summed E-state index contributed by atoms with van der Waals surface area (Å²) < 4.78 is 4.96. The molecule has 1 rings (SSSR count). The Morgan fingerprint density at radius 1 is 1.44 bits per heavy atom. The van der Waals surface area contributed by atoms with E-state index in [0.717, 1.165) is 11.3 Å². The van der Waals surface area contributed by atoms with Crippen molar-refractivity contribution in [1.29, 1.82) is 0 Å². The van der Waals surface area contributed by atoms with Crippen molar-refractivity contribution in [2.45, 2.75) is 26.7 Å². The largest absolute Gasteiger partial charge is 0.462 e. The first kappa shape index (κ1) is 15.0. The van der Waals surface area contributed by atoms with Crippen LogP contribution < -0.4 is 5.32 Å². The number of rotatable bonds is 6. The minimum atomic E-state index is -0.408. The lowest BCUT2D eigenvalue weighted by Gasteiger charge is -2.04. The van der Waals surface area contributed by atoms with Crippen molar-refractivity contribution in [2.75, 3.05) is 17.8 Å². The zero-order chi connectivity index (χ0) is 13.5. The normalized spacial score (nSPS) is 10.2. The molecule has 4 nitrogen and oxygen atoms in total. The Morgan fingerprint density at radius 3 is 2.72 bits per heavy atom. The van der Waals surface area contributed by atoms with Crippen molar-refractivity contribution in [3.8, 4) is 0 Å². The molecule has 6 heteroatoms. The van der Waals surface area contributed by atoms with Crippen LogP contribution in [-0.2, 0) is 16.0 Å². The quantitative estimate of drug-likeness (QED) is 0.647.